The predicted molar refractivity (Wildman–Crippen MR) is 120 cm³/mol. The zero-order valence-electron chi connectivity index (χ0n) is 21.7. The molecule has 2 aliphatic rings. The lowest BCUT2D eigenvalue weighted by Crippen LogP contribution is -2.60. The van der Waals surface area contributed by atoms with E-state index in [-0.39, 0.29) is 31.0 Å². The Balaban J connectivity index is 2.34. The lowest BCUT2D eigenvalue weighted by atomic mass is 9.83. The quantitative estimate of drug-likeness (QED) is 0.355. The first kappa shape index (κ1) is 29.0. The number of ether oxygens (including phenoxy) is 7. The van der Waals surface area contributed by atoms with Crippen molar-refractivity contribution in [3.05, 3.63) is 0 Å². The number of esters is 4. The molecule has 0 aliphatic carbocycles. The highest BCUT2D eigenvalue weighted by atomic mass is 16.7. The van der Waals surface area contributed by atoms with E-state index >= 15 is 0 Å². The molecule has 2 rings (SSSR count). The Morgan fingerprint density at radius 3 is 1.63 bits per heavy atom. The summed E-state index contributed by atoms with van der Waals surface area (Å²) in [6, 6.07) is 0. The van der Waals surface area contributed by atoms with E-state index in [4.69, 9.17) is 33.2 Å². The van der Waals surface area contributed by atoms with Gasteiger partial charge in [0.2, 0.25) is 0 Å². The molecule has 2 fully saturated rings. The maximum atomic E-state index is 11.9. The summed E-state index contributed by atoms with van der Waals surface area (Å²) in [6.07, 6.45) is -4.86. The Labute approximate surface area is 206 Å². The highest BCUT2D eigenvalue weighted by molar-refractivity contribution is 5.67. The van der Waals surface area contributed by atoms with Crippen LogP contribution in [0, 0.1) is 17.8 Å². The molecule has 0 saturated carbocycles. The van der Waals surface area contributed by atoms with Crippen LogP contribution < -0.4 is 0 Å². The number of hydrogen-bond acceptors (Lipinski definition) is 11. The summed E-state index contributed by atoms with van der Waals surface area (Å²) in [4.78, 5) is 46.4. The summed E-state index contributed by atoms with van der Waals surface area (Å²) in [6.45, 7) is 12.5. The van der Waals surface area contributed by atoms with Gasteiger partial charge in [-0.25, -0.2) is 0 Å². The summed E-state index contributed by atoms with van der Waals surface area (Å²) in [7, 11) is 0. The molecule has 2 saturated heterocycles. The normalized spacial score (nSPS) is 37.1. The molecule has 0 N–H and O–H groups in total. The van der Waals surface area contributed by atoms with Gasteiger partial charge in [-0.05, 0) is 12.8 Å². The first-order chi connectivity index (χ1) is 16.3. The fourth-order valence-electron chi connectivity index (χ4n) is 4.59. The molecule has 11 nitrogen and oxygen atoms in total. The van der Waals surface area contributed by atoms with E-state index in [2.05, 4.69) is 0 Å². The number of hydrogen-bond donors (Lipinski definition) is 0. The van der Waals surface area contributed by atoms with E-state index in [1.54, 1.807) is 6.92 Å². The van der Waals surface area contributed by atoms with E-state index in [1.165, 1.54) is 27.7 Å². The molecule has 4 unspecified atom stereocenters. The van der Waals surface area contributed by atoms with Crippen LogP contribution >= 0.6 is 0 Å². The topological polar surface area (TPSA) is 133 Å². The third-order valence-corrected chi connectivity index (χ3v) is 6.56. The standard InChI is InChI=1S/C24H38O11/c1-11-12(2)23(33-18(8)28)24(34-19(11)9-29-15(5)25)35-22-13(3)21(32-17(7)27)14(4)31-20(22)10-30-16(6)26/h11-14,19-24H,9-10H2,1-8H3/t11-,12+,13-,14+,19?,20?,21?,22+,23?,24+/m1/s1. The maximum absolute atomic E-state index is 11.9. The third-order valence-electron chi connectivity index (χ3n) is 6.56. The minimum absolute atomic E-state index is 0.00813. The zero-order valence-corrected chi connectivity index (χ0v) is 21.7. The van der Waals surface area contributed by atoms with Gasteiger partial charge in [0.1, 0.15) is 25.4 Å². The Morgan fingerprint density at radius 2 is 1.11 bits per heavy atom. The van der Waals surface area contributed by atoms with E-state index in [9.17, 15) is 19.2 Å². The fourth-order valence-corrected chi connectivity index (χ4v) is 4.59. The van der Waals surface area contributed by atoms with Gasteiger partial charge in [0.05, 0.1) is 18.3 Å². The van der Waals surface area contributed by atoms with Gasteiger partial charge in [0, 0.05) is 39.5 Å². The van der Waals surface area contributed by atoms with Crippen molar-refractivity contribution in [2.45, 2.75) is 98.3 Å². The van der Waals surface area contributed by atoms with Crippen molar-refractivity contribution in [3.8, 4) is 0 Å². The molecule has 11 heteroatoms. The average molecular weight is 503 g/mol. The third kappa shape index (κ3) is 7.88. The molecule has 2 heterocycles. The van der Waals surface area contributed by atoms with Crippen LogP contribution in [0.25, 0.3) is 0 Å². The molecular weight excluding hydrogens is 464 g/mol. The second kappa shape index (κ2) is 12.6. The van der Waals surface area contributed by atoms with Crippen molar-refractivity contribution in [3.63, 3.8) is 0 Å². The Morgan fingerprint density at radius 1 is 0.600 bits per heavy atom. The van der Waals surface area contributed by atoms with Crippen LogP contribution in [-0.4, -0.2) is 80.0 Å². The molecule has 0 aromatic heterocycles. The van der Waals surface area contributed by atoms with Gasteiger partial charge in [-0.3, -0.25) is 19.2 Å². The average Bonchev–Trinajstić information content (AvgIpc) is 2.75. The number of rotatable bonds is 8. The van der Waals surface area contributed by atoms with Gasteiger partial charge in [0.25, 0.3) is 0 Å². The van der Waals surface area contributed by atoms with Crippen molar-refractivity contribution in [2.24, 2.45) is 17.8 Å². The molecule has 200 valence electrons. The Hall–Kier alpha value is -2.24. The second-order valence-electron chi connectivity index (χ2n) is 9.35. The van der Waals surface area contributed by atoms with Crippen LogP contribution in [0.2, 0.25) is 0 Å². The number of carbonyl (C=O) groups excluding carboxylic acids is 4. The maximum Gasteiger partial charge on any atom is 0.303 e. The number of carbonyl (C=O) groups is 4. The fraction of sp³-hybridized carbons (Fsp3) is 0.833. The molecule has 10 atom stereocenters. The van der Waals surface area contributed by atoms with E-state index in [1.807, 2.05) is 20.8 Å². The molecule has 0 aromatic carbocycles. The summed E-state index contributed by atoms with van der Waals surface area (Å²) >= 11 is 0. The second-order valence-corrected chi connectivity index (χ2v) is 9.35. The van der Waals surface area contributed by atoms with Gasteiger partial charge < -0.3 is 33.2 Å². The Kier molecular flexibility index (Phi) is 10.5. The van der Waals surface area contributed by atoms with Crippen LogP contribution in [0.4, 0.5) is 0 Å². The van der Waals surface area contributed by atoms with Crippen LogP contribution in [0.3, 0.4) is 0 Å². The van der Waals surface area contributed by atoms with Crippen LogP contribution in [0.15, 0.2) is 0 Å². The van der Waals surface area contributed by atoms with Crippen molar-refractivity contribution in [1.82, 2.24) is 0 Å². The summed E-state index contributed by atoms with van der Waals surface area (Å²) in [5.41, 5.74) is 0. The molecule has 0 spiro atoms. The molecule has 0 amide bonds. The zero-order chi connectivity index (χ0) is 26.4. The van der Waals surface area contributed by atoms with Crippen molar-refractivity contribution < 1.29 is 52.3 Å². The predicted octanol–water partition coefficient (Wildman–Crippen LogP) is 1.78. The van der Waals surface area contributed by atoms with E-state index < -0.39 is 66.8 Å². The molecule has 0 radical (unpaired) electrons. The van der Waals surface area contributed by atoms with Crippen LogP contribution in [0.5, 0.6) is 0 Å². The molecule has 2 aliphatic heterocycles. The Bertz CT molecular complexity index is 765. The van der Waals surface area contributed by atoms with E-state index in [0.717, 1.165) is 0 Å². The minimum atomic E-state index is -1.03. The summed E-state index contributed by atoms with van der Waals surface area (Å²) in [5.74, 6) is -2.60. The van der Waals surface area contributed by atoms with Gasteiger partial charge >= 0.3 is 23.9 Å². The van der Waals surface area contributed by atoms with Crippen molar-refractivity contribution in [2.75, 3.05) is 13.2 Å². The molecular formula is C24H38O11. The highest BCUT2D eigenvalue weighted by Crippen LogP contribution is 2.37. The molecule has 35 heavy (non-hydrogen) atoms. The smallest absolute Gasteiger partial charge is 0.303 e. The SMILES string of the molecule is CC(=O)OCC1O[C@@H](C)C(OC(C)=O)[C@@H](C)[C@@H]1O[C@@H]1OC(COC(C)=O)[C@H](C)[C@H](C)C1OC(C)=O. The first-order valence-corrected chi connectivity index (χ1v) is 11.9. The van der Waals surface area contributed by atoms with Gasteiger partial charge in [-0.15, -0.1) is 0 Å². The van der Waals surface area contributed by atoms with Gasteiger partial charge in [-0.1, -0.05) is 20.8 Å². The monoisotopic (exact) mass is 502 g/mol. The van der Waals surface area contributed by atoms with Gasteiger partial charge in [0.15, 0.2) is 12.4 Å². The first-order valence-electron chi connectivity index (χ1n) is 11.9. The highest BCUT2D eigenvalue weighted by Gasteiger charge is 2.50. The summed E-state index contributed by atoms with van der Waals surface area (Å²) < 4.78 is 40.0. The van der Waals surface area contributed by atoms with Crippen LogP contribution in [-0.2, 0) is 52.3 Å². The lowest BCUT2D eigenvalue weighted by molar-refractivity contribution is -0.323. The van der Waals surface area contributed by atoms with Gasteiger partial charge in [-0.2, -0.15) is 0 Å². The lowest BCUT2D eigenvalue weighted by Gasteiger charge is -2.48. The summed E-state index contributed by atoms with van der Waals surface area (Å²) in [5, 5.41) is 0. The van der Waals surface area contributed by atoms with Crippen molar-refractivity contribution in [1.29, 1.82) is 0 Å². The molecule has 0 aromatic rings. The molecule has 0 bridgehead atoms. The van der Waals surface area contributed by atoms with Crippen molar-refractivity contribution >= 4 is 23.9 Å². The minimum Gasteiger partial charge on any atom is -0.463 e. The van der Waals surface area contributed by atoms with Crippen LogP contribution in [0.1, 0.15) is 55.4 Å². The largest absolute Gasteiger partial charge is 0.463 e. The van der Waals surface area contributed by atoms with E-state index in [0.29, 0.717) is 0 Å².